The van der Waals surface area contributed by atoms with Crippen LogP contribution in [0.5, 0.6) is 0 Å². The van der Waals surface area contributed by atoms with E-state index in [4.69, 9.17) is 10.9 Å². The van der Waals surface area contributed by atoms with Crippen LogP contribution in [0.25, 0.3) is 0 Å². The van der Waals surface area contributed by atoms with Gasteiger partial charge in [0.25, 0.3) is 0 Å². The SMILES string of the molecule is CCCS(=O)(=O)CCN(CC(N)=NO)C(C)C. The fourth-order valence-electron chi connectivity index (χ4n) is 1.43. The standard InChI is InChI=1S/C10H23N3O3S/c1-4-6-17(15,16)7-5-13(9(2)3)8-10(11)12-14/h9,14H,4-8H2,1-3H3,(H2,11,12). The predicted octanol–water partition coefficient (Wildman–Crippen LogP) is 0.268. The highest BCUT2D eigenvalue weighted by atomic mass is 32.2. The second-order valence-electron chi connectivity index (χ2n) is 4.31. The zero-order valence-electron chi connectivity index (χ0n) is 10.8. The Morgan fingerprint density at radius 2 is 2.00 bits per heavy atom. The summed E-state index contributed by atoms with van der Waals surface area (Å²) in [5.41, 5.74) is 5.42. The third-order valence-electron chi connectivity index (χ3n) is 2.43. The minimum Gasteiger partial charge on any atom is -0.409 e. The number of nitrogens with zero attached hydrogens (tertiary/aromatic N) is 2. The van der Waals surface area contributed by atoms with E-state index < -0.39 is 9.84 Å². The van der Waals surface area contributed by atoms with Crippen LogP contribution in [-0.4, -0.2) is 55.0 Å². The quantitative estimate of drug-likeness (QED) is 0.284. The van der Waals surface area contributed by atoms with Crippen LogP contribution in [0.3, 0.4) is 0 Å². The summed E-state index contributed by atoms with van der Waals surface area (Å²) in [6, 6.07) is 0.145. The molecule has 17 heavy (non-hydrogen) atoms. The first-order valence-corrected chi connectivity index (χ1v) is 7.55. The van der Waals surface area contributed by atoms with Crippen molar-refractivity contribution in [1.29, 1.82) is 0 Å². The molecule has 0 aliphatic carbocycles. The van der Waals surface area contributed by atoms with E-state index in [1.54, 1.807) is 0 Å². The van der Waals surface area contributed by atoms with Crippen molar-refractivity contribution in [2.75, 3.05) is 24.6 Å². The van der Waals surface area contributed by atoms with Crippen molar-refractivity contribution in [2.45, 2.75) is 33.2 Å². The van der Waals surface area contributed by atoms with Gasteiger partial charge in [0.05, 0.1) is 12.3 Å². The van der Waals surface area contributed by atoms with Gasteiger partial charge in [0, 0.05) is 18.3 Å². The van der Waals surface area contributed by atoms with Crippen molar-refractivity contribution in [3.63, 3.8) is 0 Å². The van der Waals surface area contributed by atoms with Crippen LogP contribution in [0.2, 0.25) is 0 Å². The topological polar surface area (TPSA) is 96.0 Å². The van der Waals surface area contributed by atoms with Crippen molar-refractivity contribution in [2.24, 2.45) is 10.9 Å². The lowest BCUT2D eigenvalue weighted by Crippen LogP contribution is -2.41. The Morgan fingerprint density at radius 3 is 2.41 bits per heavy atom. The Kier molecular flexibility index (Phi) is 7.13. The zero-order chi connectivity index (χ0) is 13.5. The van der Waals surface area contributed by atoms with E-state index in [1.165, 1.54) is 0 Å². The van der Waals surface area contributed by atoms with E-state index in [0.29, 0.717) is 13.0 Å². The van der Waals surface area contributed by atoms with Gasteiger partial charge in [-0.15, -0.1) is 0 Å². The molecule has 7 heteroatoms. The van der Waals surface area contributed by atoms with Gasteiger partial charge in [0.1, 0.15) is 0 Å². The molecule has 0 saturated carbocycles. The first-order valence-electron chi connectivity index (χ1n) is 5.73. The number of oxime groups is 1. The maximum absolute atomic E-state index is 11.6. The first-order chi connectivity index (χ1) is 7.82. The van der Waals surface area contributed by atoms with Crippen LogP contribution >= 0.6 is 0 Å². The molecule has 0 fully saturated rings. The molecule has 0 unspecified atom stereocenters. The Morgan fingerprint density at radius 1 is 1.41 bits per heavy atom. The van der Waals surface area contributed by atoms with Gasteiger partial charge >= 0.3 is 0 Å². The fourth-order valence-corrected chi connectivity index (χ4v) is 2.77. The van der Waals surface area contributed by atoms with Crippen LogP contribution in [0.4, 0.5) is 0 Å². The van der Waals surface area contributed by atoms with Crippen molar-refractivity contribution >= 4 is 15.7 Å². The van der Waals surface area contributed by atoms with Gasteiger partial charge < -0.3 is 10.9 Å². The average molecular weight is 265 g/mol. The Labute approximate surface area is 103 Å². The molecule has 0 aliphatic rings. The summed E-state index contributed by atoms with van der Waals surface area (Å²) in [5.74, 6) is 0.409. The lowest BCUT2D eigenvalue weighted by Gasteiger charge is -2.25. The molecule has 0 spiro atoms. The highest BCUT2D eigenvalue weighted by Crippen LogP contribution is 2.01. The molecule has 0 rings (SSSR count). The number of rotatable bonds is 8. The molecule has 0 atom stereocenters. The molecule has 102 valence electrons. The number of hydrogen-bond donors (Lipinski definition) is 2. The number of hydrogen-bond acceptors (Lipinski definition) is 5. The molecule has 0 aromatic heterocycles. The van der Waals surface area contributed by atoms with E-state index in [-0.39, 0.29) is 29.9 Å². The van der Waals surface area contributed by atoms with E-state index in [9.17, 15) is 8.42 Å². The molecule has 3 N–H and O–H groups in total. The lowest BCUT2D eigenvalue weighted by atomic mass is 10.3. The average Bonchev–Trinajstić information content (AvgIpc) is 2.23. The molecule has 6 nitrogen and oxygen atoms in total. The Bertz CT molecular complexity index is 339. The van der Waals surface area contributed by atoms with Crippen molar-refractivity contribution in [3.8, 4) is 0 Å². The van der Waals surface area contributed by atoms with Gasteiger partial charge in [-0.1, -0.05) is 12.1 Å². The molecule has 0 aromatic rings. The number of nitrogens with two attached hydrogens (primary N) is 1. The lowest BCUT2D eigenvalue weighted by molar-refractivity contribution is 0.259. The smallest absolute Gasteiger partial charge is 0.153 e. The van der Waals surface area contributed by atoms with E-state index in [1.807, 2.05) is 25.7 Å². The van der Waals surface area contributed by atoms with Crippen LogP contribution in [0.15, 0.2) is 5.16 Å². The van der Waals surface area contributed by atoms with Crippen LogP contribution in [-0.2, 0) is 9.84 Å². The van der Waals surface area contributed by atoms with Gasteiger partial charge in [-0.05, 0) is 20.3 Å². The van der Waals surface area contributed by atoms with Gasteiger partial charge in [-0.25, -0.2) is 8.42 Å². The van der Waals surface area contributed by atoms with E-state index >= 15 is 0 Å². The summed E-state index contributed by atoms with van der Waals surface area (Å²) >= 11 is 0. The summed E-state index contributed by atoms with van der Waals surface area (Å²) in [7, 11) is -2.99. The van der Waals surface area contributed by atoms with Gasteiger partial charge in [-0.2, -0.15) is 0 Å². The van der Waals surface area contributed by atoms with Gasteiger partial charge in [0.15, 0.2) is 15.7 Å². The normalized spacial score (nSPS) is 13.6. The Hall–Kier alpha value is -0.820. The largest absolute Gasteiger partial charge is 0.409 e. The van der Waals surface area contributed by atoms with E-state index in [0.717, 1.165) is 0 Å². The van der Waals surface area contributed by atoms with Crippen molar-refractivity contribution in [1.82, 2.24) is 4.90 Å². The summed E-state index contributed by atoms with van der Waals surface area (Å²) in [4.78, 5) is 1.86. The number of sulfone groups is 1. The monoisotopic (exact) mass is 265 g/mol. The maximum atomic E-state index is 11.6. The van der Waals surface area contributed by atoms with Crippen molar-refractivity contribution in [3.05, 3.63) is 0 Å². The fraction of sp³-hybridized carbons (Fsp3) is 0.900. The van der Waals surface area contributed by atoms with Crippen LogP contribution < -0.4 is 5.73 Å². The summed E-state index contributed by atoms with van der Waals surface area (Å²) in [5, 5.41) is 11.4. The molecular weight excluding hydrogens is 242 g/mol. The third-order valence-corrected chi connectivity index (χ3v) is 4.26. The Balaban J connectivity index is 4.38. The number of amidine groups is 1. The molecule has 0 aromatic carbocycles. The molecule has 0 radical (unpaired) electrons. The minimum absolute atomic E-state index is 0.0894. The molecular formula is C10H23N3O3S. The summed E-state index contributed by atoms with van der Waals surface area (Å²) < 4.78 is 23.2. The molecule has 0 amide bonds. The van der Waals surface area contributed by atoms with Gasteiger partial charge in [0.2, 0.25) is 0 Å². The zero-order valence-corrected chi connectivity index (χ0v) is 11.6. The van der Waals surface area contributed by atoms with Crippen molar-refractivity contribution < 1.29 is 13.6 Å². The van der Waals surface area contributed by atoms with Gasteiger partial charge in [-0.3, -0.25) is 4.90 Å². The summed E-state index contributed by atoms with van der Waals surface area (Å²) in [6.45, 7) is 6.40. The summed E-state index contributed by atoms with van der Waals surface area (Å²) in [6.07, 6.45) is 0.629. The maximum Gasteiger partial charge on any atom is 0.153 e. The van der Waals surface area contributed by atoms with Crippen LogP contribution in [0.1, 0.15) is 27.2 Å². The first kappa shape index (κ1) is 16.2. The molecule has 0 bridgehead atoms. The highest BCUT2D eigenvalue weighted by molar-refractivity contribution is 7.91. The second kappa shape index (κ2) is 7.50. The predicted molar refractivity (Wildman–Crippen MR) is 69.1 cm³/mol. The molecule has 0 aliphatic heterocycles. The molecule has 0 heterocycles. The second-order valence-corrected chi connectivity index (χ2v) is 6.61. The van der Waals surface area contributed by atoms with E-state index in [2.05, 4.69) is 5.16 Å². The third kappa shape index (κ3) is 7.17. The minimum atomic E-state index is -2.99. The molecule has 0 saturated heterocycles. The van der Waals surface area contributed by atoms with Crippen LogP contribution in [0, 0.1) is 0 Å². The highest BCUT2D eigenvalue weighted by Gasteiger charge is 2.16.